The molecule has 0 bridgehead atoms. The van der Waals surface area contributed by atoms with Crippen LogP contribution >= 0.6 is 0 Å². The van der Waals surface area contributed by atoms with Gasteiger partial charge in [0.25, 0.3) is 0 Å². The van der Waals surface area contributed by atoms with Crippen molar-refractivity contribution in [2.24, 2.45) is 0 Å². The number of hydrogen-bond donors (Lipinski definition) is 1. The number of ether oxygens (including phenoxy) is 1. The van der Waals surface area contributed by atoms with Crippen LogP contribution in [0.1, 0.15) is 12.0 Å². The lowest BCUT2D eigenvalue weighted by molar-refractivity contribution is 0.245. The largest absolute Gasteiger partial charge is 0.502 e. The molecule has 0 aliphatic carbocycles. The SMILES string of the molecule is C=COCCCNCC=Cc1ccccc1. The standard InChI is InChI=1S/C14H19NO/c1-2-16-13-7-12-15-11-6-10-14-8-4-3-5-9-14/h2-6,8-10,15H,1,7,11-13H2. The molecule has 0 aliphatic heterocycles. The second kappa shape index (κ2) is 8.74. The van der Waals surface area contributed by atoms with Gasteiger partial charge >= 0.3 is 0 Å². The van der Waals surface area contributed by atoms with Gasteiger partial charge in [0.15, 0.2) is 0 Å². The van der Waals surface area contributed by atoms with Crippen molar-refractivity contribution >= 4 is 6.08 Å². The lowest BCUT2D eigenvalue weighted by Gasteiger charge is -2.01. The van der Waals surface area contributed by atoms with Crippen LogP contribution in [0.3, 0.4) is 0 Å². The summed E-state index contributed by atoms with van der Waals surface area (Å²) in [5, 5.41) is 3.31. The van der Waals surface area contributed by atoms with Crippen molar-refractivity contribution < 1.29 is 4.74 Å². The van der Waals surface area contributed by atoms with Gasteiger partial charge in [-0.2, -0.15) is 0 Å². The summed E-state index contributed by atoms with van der Waals surface area (Å²) >= 11 is 0. The van der Waals surface area contributed by atoms with E-state index < -0.39 is 0 Å². The first-order chi connectivity index (χ1) is 7.93. The molecule has 2 nitrogen and oxygen atoms in total. The van der Waals surface area contributed by atoms with Crippen molar-refractivity contribution in [1.82, 2.24) is 5.32 Å². The highest BCUT2D eigenvalue weighted by molar-refractivity contribution is 5.48. The maximum Gasteiger partial charge on any atom is 0.0885 e. The Labute approximate surface area is 97.6 Å². The molecule has 0 unspecified atom stereocenters. The number of rotatable bonds is 8. The fourth-order valence-electron chi connectivity index (χ4n) is 1.31. The third-order valence-electron chi connectivity index (χ3n) is 2.11. The molecule has 0 amide bonds. The van der Waals surface area contributed by atoms with E-state index in [9.17, 15) is 0 Å². The molecule has 0 aliphatic rings. The van der Waals surface area contributed by atoms with Gasteiger partial charge in [0, 0.05) is 6.54 Å². The molecule has 1 aromatic rings. The molecule has 0 fully saturated rings. The van der Waals surface area contributed by atoms with Gasteiger partial charge in [-0.15, -0.1) is 0 Å². The van der Waals surface area contributed by atoms with Gasteiger partial charge in [0.1, 0.15) is 0 Å². The van der Waals surface area contributed by atoms with Crippen LogP contribution in [0.15, 0.2) is 49.2 Å². The minimum Gasteiger partial charge on any atom is -0.502 e. The number of hydrogen-bond acceptors (Lipinski definition) is 2. The molecule has 2 heteroatoms. The molecule has 0 saturated carbocycles. The van der Waals surface area contributed by atoms with Gasteiger partial charge in [0.2, 0.25) is 0 Å². The predicted octanol–water partition coefficient (Wildman–Crippen LogP) is 2.84. The summed E-state index contributed by atoms with van der Waals surface area (Å²) in [6.07, 6.45) is 6.73. The van der Waals surface area contributed by atoms with E-state index in [-0.39, 0.29) is 0 Å². The van der Waals surface area contributed by atoms with E-state index >= 15 is 0 Å². The monoisotopic (exact) mass is 217 g/mol. The van der Waals surface area contributed by atoms with Crippen molar-refractivity contribution in [1.29, 1.82) is 0 Å². The Morgan fingerprint density at radius 3 is 2.81 bits per heavy atom. The average molecular weight is 217 g/mol. The van der Waals surface area contributed by atoms with Gasteiger partial charge < -0.3 is 10.1 Å². The minimum absolute atomic E-state index is 0.735. The van der Waals surface area contributed by atoms with Crippen molar-refractivity contribution in [3.63, 3.8) is 0 Å². The molecular formula is C14H19NO. The van der Waals surface area contributed by atoms with E-state index in [2.05, 4.69) is 36.2 Å². The zero-order valence-corrected chi connectivity index (χ0v) is 9.56. The summed E-state index contributed by atoms with van der Waals surface area (Å²) in [6, 6.07) is 10.3. The van der Waals surface area contributed by atoms with E-state index in [1.807, 2.05) is 18.2 Å². The second-order valence-corrected chi connectivity index (χ2v) is 3.41. The van der Waals surface area contributed by atoms with Crippen LogP contribution in [0.5, 0.6) is 0 Å². The Bertz CT molecular complexity index is 306. The summed E-state index contributed by atoms with van der Waals surface area (Å²) in [5.41, 5.74) is 1.24. The summed E-state index contributed by atoms with van der Waals surface area (Å²) < 4.78 is 5.02. The summed E-state index contributed by atoms with van der Waals surface area (Å²) in [4.78, 5) is 0. The van der Waals surface area contributed by atoms with Crippen molar-refractivity contribution in [3.8, 4) is 0 Å². The Morgan fingerprint density at radius 2 is 2.06 bits per heavy atom. The molecule has 0 atom stereocenters. The quantitative estimate of drug-likeness (QED) is 0.534. The summed E-state index contributed by atoms with van der Waals surface area (Å²) in [5.74, 6) is 0. The van der Waals surface area contributed by atoms with E-state index in [1.54, 1.807) is 0 Å². The van der Waals surface area contributed by atoms with Crippen LogP contribution in [0, 0.1) is 0 Å². The molecule has 16 heavy (non-hydrogen) atoms. The van der Waals surface area contributed by atoms with E-state index in [0.29, 0.717) is 0 Å². The maximum atomic E-state index is 5.02. The molecule has 86 valence electrons. The van der Waals surface area contributed by atoms with Crippen LogP contribution in [0.4, 0.5) is 0 Å². The van der Waals surface area contributed by atoms with Gasteiger partial charge in [-0.25, -0.2) is 0 Å². The number of nitrogens with one attached hydrogen (secondary N) is 1. The van der Waals surface area contributed by atoms with Crippen LogP contribution in [0.2, 0.25) is 0 Å². The number of benzene rings is 1. The Hall–Kier alpha value is -1.54. The topological polar surface area (TPSA) is 21.3 Å². The van der Waals surface area contributed by atoms with E-state index in [0.717, 1.165) is 26.1 Å². The van der Waals surface area contributed by atoms with E-state index in [1.165, 1.54) is 11.8 Å². The molecule has 0 spiro atoms. The molecule has 0 radical (unpaired) electrons. The highest BCUT2D eigenvalue weighted by Gasteiger charge is 1.85. The van der Waals surface area contributed by atoms with Crippen LogP contribution < -0.4 is 5.32 Å². The first-order valence-corrected chi connectivity index (χ1v) is 5.58. The lowest BCUT2D eigenvalue weighted by atomic mass is 10.2. The van der Waals surface area contributed by atoms with Crippen LogP contribution in [-0.4, -0.2) is 19.7 Å². The lowest BCUT2D eigenvalue weighted by Crippen LogP contribution is -2.16. The van der Waals surface area contributed by atoms with Crippen LogP contribution in [-0.2, 0) is 4.74 Å². The van der Waals surface area contributed by atoms with Crippen molar-refractivity contribution in [2.45, 2.75) is 6.42 Å². The third kappa shape index (κ3) is 6.04. The summed E-state index contributed by atoms with van der Waals surface area (Å²) in [6.45, 7) is 6.08. The predicted molar refractivity (Wildman–Crippen MR) is 69.1 cm³/mol. The zero-order chi connectivity index (χ0) is 11.5. The average Bonchev–Trinajstić information content (AvgIpc) is 2.34. The molecule has 0 aromatic heterocycles. The molecule has 1 aromatic carbocycles. The molecule has 1 rings (SSSR count). The fraction of sp³-hybridized carbons (Fsp3) is 0.286. The minimum atomic E-state index is 0.735. The third-order valence-corrected chi connectivity index (χ3v) is 2.11. The highest BCUT2D eigenvalue weighted by atomic mass is 16.5. The highest BCUT2D eigenvalue weighted by Crippen LogP contribution is 1.99. The van der Waals surface area contributed by atoms with Gasteiger partial charge in [-0.3, -0.25) is 0 Å². The second-order valence-electron chi connectivity index (χ2n) is 3.41. The Morgan fingerprint density at radius 1 is 1.25 bits per heavy atom. The Kier molecular flexibility index (Phi) is 6.85. The first kappa shape index (κ1) is 12.5. The fourth-order valence-corrected chi connectivity index (χ4v) is 1.31. The maximum absolute atomic E-state index is 5.02. The molecule has 0 saturated heterocycles. The smallest absolute Gasteiger partial charge is 0.0885 e. The molecule has 1 N–H and O–H groups in total. The Balaban J connectivity index is 2.03. The van der Waals surface area contributed by atoms with Gasteiger partial charge in [-0.1, -0.05) is 49.1 Å². The summed E-state index contributed by atoms with van der Waals surface area (Å²) in [7, 11) is 0. The zero-order valence-electron chi connectivity index (χ0n) is 9.56. The molecular weight excluding hydrogens is 198 g/mol. The van der Waals surface area contributed by atoms with Gasteiger partial charge in [-0.05, 0) is 18.5 Å². The van der Waals surface area contributed by atoms with Crippen molar-refractivity contribution in [2.75, 3.05) is 19.7 Å². The van der Waals surface area contributed by atoms with Gasteiger partial charge in [0.05, 0.1) is 12.9 Å². The molecule has 0 heterocycles. The van der Waals surface area contributed by atoms with Crippen LogP contribution in [0.25, 0.3) is 6.08 Å². The first-order valence-electron chi connectivity index (χ1n) is 5.58. The van der Waals surface area contributed by atoms with E-state index in [4.69, 9.17) is 4.74 Å². The normalized spacial score (nSPS) is 10.5. The van der Waals surface area contributed by atoms with Crippen molar-refractivity contribution in [3.05, 3.63) is 54.8 Å².